The zero-order chi connectivity index (χ0) is 14.2. The number of carbonyl (C=O) groups is 1. The molecule has 8 nitrogen and oxygen atoms in total. The summed E-state index contributed by atoms with van der Waals surface area (Å²) in [4.78, 5) is 21.3. The lowest BCUT2D eigenvalue weighted by atomic mass is 10.0. The number of rotatable bonds is 3. The fraction of sp³-hybridized carbons (Fsp3) is 0.100. The van der Waals surface area contributed by atoms with E-state index in [1.54, 1.807) is 0 Å². The lowest BCUT2D eigenvalue weighted by molar-refractivity contribution is -0.385. The van der Waals surface area contributed by atoms with Crippen LogP contribution in [0.15, 0.2) is 12.1 Å². The van der Waals surface area contributed by atoms with Gasteiger partial charge in [-0.2, -0.15) is 15.4 Å². The van der Waals surface area contributed by atoms with Gasteiger partial charge in [-0.25, -0.2) is 4.39 Å². The van der Waals surface area contributed by atoms with Crippen molar-refractivity contribution in [1.29, 1.82) is 0 Å². The van der Waals surface area contributed by atoms with Gasteiger partial charge in [0.2, 0.25) is 0 Å². The third-order valence-electron chi connectivity index (χ3n) is 2.60. The van der Waals surface area contributed by atoms with Crippen molar-refractivity contribution in [3.05, 3.63) is 39.3 Å². The number of nitrogens with two attached hydrogens (primary N) is 1. The number of nitrogens with one attached hydrogen (secondary N) is 1. The average Bonchev–Trinajstić information content (AvgIpc) is 2.77. The molecule has 1 heterocycles. The number of nitro groups is 1. The maximum Gasteiger partial charge on any atom is 0.273 e. The molecule has 0 saturated heterocycles. The van der Waals surface area contributed by atoms with Crippen molar-refractivity contribution in [2.45, 2.75) is 6.92 Å². The highest BCUT2D eigenvalue weighted by Crippen LogP contribution is 2.32. The number of primary amides is 1. The van der Waals surface area contributed by atoms with Gasteiger partial charge in [-0.05, 0) is 13.0 Å². The Bertz CT molecular complexity index is 682. The van der Waals surface area contributed by atoms with E-state index in [0.717, 1.165) is 12.1 Å². The van der Waals surface area contributed by atoms with Gasteiger partial charge in [-0.1, -0.05) is 0 Å². The van der Waals surface area contributed by atoms with Crippen LogP contribution in [0.5, 0.6) is 0 Å². The number of hydrogen-bond donors (Lipinski definition) is 2. The number of hydrogen-bond acceptors (Lipinski definition) is 5. The number of aromatic nitrogens is 3. The van der Waals surface area contributed by atoms with Crippen molar-refractivity contribution >= 4 is 11.6 Å². The summed E-state index contributed by atoms with van der Waals surface area (Å²) in [5.41, 5.74) is 4.24. The SMILES string of the molecule is Cc1c([N+](=O)[O-])ccc(F)c1-c1n[nH]nc1C(N)=O. The Morgan fingerprint density at radius 3 is 2.74 bits per heavy atom. The van der Waals surface area contributed by atoms with Crippen molar-refractivity contribution in [1.82, 2.24) is 15.4 Å². The van der Waals surface area contributed by atoms with E-state index in [9.17, 15) is 19.3 Å². The minimum atomic E-state index is -0.908. The van der Waals surface area contributed by atoms with Gasteiger partial charge in [-0.3, -0.25) is 14.9 Å². The average molecular weight is 265 g/mol. The summed E-state index contributed by atoms with van der Waals surface area (Å²) in [6, 6.07) is 1.97. The number of H-pyrrole nitrogens is 1. The second-order valence-corrected chi connectivity index (χ2v) is 3.71. The van der Waals surface area contributed by atoms with Gasteiger partial charge in [-0.15, -0.1) is 0 Å². The van der Waals surface area contributed by atoms with E-state index < -0.39 is 16.6 Å². The van der Waals surface area contributed by atoms with Crippen LogP contribution in [0, 0.1) is 22.9 Å². The molecule has 0 radical (unpaired) electrons. The summed E-state index contributed by atoms with van der Waals surface area (Å²) in [6.45, 7) is 1.36. The Labute approximate surface area is 105 Å². The zero-order valence-electron chi connectivity index (χ0n) is 9.68. The molecule has 2 rings (SSSR count). The molecule has 98 valence electrons. The van der Waals surface area contributed by atoms with Crippen LogP contribution in [0.3, 0.4) is 0 Å². The van der Waals surface area contributed by atoms with Gasteiger partial charge in [0.25, 0.3) is 11.6 Å². The van der Waals surface area contributed by atoms with Crippen LogP contribution in [0.4, 0.5) is 10.1 Å². The molecule has 1 amide bonds. The van der Waals surface area contributed by atoms with Crippen molar-refractivity contribution in [2.24, 2.45) is 5.73 Å². The van der Waals surface area contributed by atoms with Crippen molar-refractivity contribution < 1.29 is 14.1 Å². The molecule has 2 aromatic rings. The first-order chi connectivity index (χ1) is 8.93. The monoisotopic (exact) mass is 265 g/mol. The first kappa shape index (κ1) is 12.6. The van der Waals surface area contributed by atoms with Gasteiger partial charge in [0, 0.05) is 11.6 Å². The van der Waals surface area contributed by atoms with Crippen molar-refractivity contribution in [3.8, 4) is 11.3 Å². The molecule has 1 aromatic heterocycles. The summed E-state index contributed by atoms with van der Waals surface area (Å²) in [6.07, 6.45) is 0. The van der Waals surface area contributed by atoms with E-state index in [0.29, 0.717) is 0 Å². The van der Waals surface area contributed by atoms with E-state index in [1.807, 2.05) is 0 Å². The molecular weight excluding hydrogens is 257 g/mol. The minimum Gasteiger partial charge on any atom is -0.364 e. The van der Waals surface area contributed by atoms with E-state index in [4.69, 9.17) is 5.73 Å². The van der Waals surface area contributed by atoms with Crippen LogP contribution in [-0.2, 0) is 0 Å². The van der Waals surface area contributed by atoms with Crippen LogP contribution >= 0.6 is 0 Å². The molecule has 19 heavy (non-hydrogen) atoms. The Hall–Kier alpha value is -2.84. The molecule has 1 aromatic carbocycles. The number of amides is 1. The normalized spacial score (nSPS) is 10.4. The third-order valence-corrected chi connectivity index (χ3v) is 2.60. The molecule has 0 fully saturated rings. The fourth-order valence-electron chi connectivity index (χ4n) is 1.73. The summed E-state index contributed by atoms with van der Waals surface area (Å²) in [5, 5.41) is 20.1. The number of aromatic amines is 1. The maximum atomic E-state index is 13.8. The number of carbonyl (C=O) groups excluding carboxylic acids is 1. The minimum absolute atomic E-state index is 0.0430. The van der Waals surface area contributed by atoms with Crippen LogP contribution in [0.25, 0.3) is 11.3 Å². The molecular formula is C10H8FN5O3. The molecule has 0 aliphatic carbocycles. The molecule has 0 saturated carbocycles. The molecule has 0 bridgehead atoms. The van der Waals surface area contributed by atoms with Crippen molar-refractivity contribution in [3.63, 3.8) is 0 Å². The Balaban J connectivity index is 2.75. The second-order valence-electron chi connectivity index (χ2n) is 3.71. The molecule has 0 atom stereocenters. The van der Waals surface area contributed by atoms with Crippen LogP contribution in [-0.4, -0.2) is 26.2 Å². The van der Waals surface area contributed by atoms with Crippen LogP contribution in [0.2, 0.25) is 0 Å². The standard InChI is InChI=1S/C10H8FN5O3/c1-4-6(16(18)19)3-2-5(11)7(4)8-9(10(12)17)14-15-13-8/h2-3H,1H3,(H2,12,17)(H,13,14,15). The fourth-order valence-corrected chi connectivity index (χ4v) is 1.73. The number of nitro benzene ring substituents is 1. The van der Waals surface area contributed by atoms with E-state index in [2.05, 4.69) is 15.4 Å². The molecule has 0 unspecified atom stereocenters. The Morgan fingerprint density at radius 2 is 2.16 bits per heavy atom. The van der Waals surface area contributed by atoms with E-state index >= 15 is 0 Å². The van der Waals surface area contributed by atoms with Gasteiger partial charge < -0.3 is 5.73 Å². The number of nitrogens with zero attached hydrogens (tertiary/aromatic N) is 3. The van der Waals surface area contributed by atoms with Gasteiger partial charge >= 0.3 is 0 Å². The Kier molecular flexibility index (Phi) is 2.95. The quantitative estimate of drug-likeness (QED) is 0.630. The molecule has 0 spiro atoms. The number of halogens is 1. The summed E-state index contributed by atoms with van der Waals surface area (Å²) >= 11 is 0. The summed E-state index contributed by atoms with van der Waals surface area (Å²) in [5.74, 6) is -1.66. The smallest absolute Gasteiger partial charge is 0.273 e. The molecule has 0 aliphatic rings. The highest BCUT2D eigenvalue weighted by Gasteiger charge is 2.24. The lowest BCUT2D eigenvalue weighted by Gasteiger charge is -2.05. The van der Waals surface area contributed by atoms with E-state index in [1.165, 1.54) is 6.92 Å². The van der Waals surface area contributed by atoms with Crippen LogP contribution < -0.4 is 5.73 Å². The largest absolute Gasteiger partial charge is 0.364 e. The second kappa shape index (κ2) is 4.44. The first-order valence-corrected chi connectivity index (χ1v) is 5.08. The van der Waals surface area contributed by atoms with Crippen molar-refractivity contribution in [2.75, 3.05) is 0 Å². The zero-order valence-corrected chi connectivity index (χ0v) is 9.68. The summed E-state index contributed by atoms with van der Waals surface area (Å²) < 4.78 is 13.8. The predicted octanol–water partition coefficient (Wildman–Crippen LogP) is 0.926. The predicted molar refractivity (Wildman–Crippen MR) is 61.7 cm³/mol. The first-order valence-electron chi connectivity index (χ1n) is 5.08. The molecule has 0 aliphatic heterocycles. The highest BCUT2D eigenvalue weighted by molar-refractivity contribution is 5.97. The Morgan fingerprint density at radius 1 is 1.47 bits per heavy atom. The third kappa shape index (κ3) is 2.01. The lowest BCUT2D eigenvalue weighted by Crippen LogP contribution is -2.13. The number of benzene rings is 1. The van der Waals surface area contributed by atoms with Crippen LogP contribution in [0.1, 0.15) is 16.1 Å². The molecule has 3 N–H and O–H groups in total. The van der Waals surface area contributed by atoms with E-state index in [-0.39, 0.29) is 28.2 Å². The summed E-state index contributed by atoms with van der Waals surface area (Å²) in [7, 11) is 0. The maximum absolute atomic E-state index is 13.8. The highest BCUT2D eigenvalue weighted by atomic mass is 19.1. The topological polar surface area (TPSA) is 128 Å². The van der Waals surface area contributed by atoms with Gasteiger partial charge in [0.1, 0.15) is 11.5 Å². The molecule has 9 heteroatoms. The van der Waals surface area contributed by atoms with Gasteiger partial charge in [0.15, 0.2) is 5.69 Å². The van der Waals surface area contributed by atoms with Gasteiger partial charge in [0.05, 0.1) is 10.5 Å².